The van der Waals surface area contributed by atoms with Crippen LogP contribution in [0.5, 0.6) is 11.6 Å². The van der Waals surface area contributed by atoms with Gasteiger partial charge in [0.05, 0.1) is 13.2 Å². The molecule has 0 amide bonds. The van der Waals surface area contributed by atoms with Gasteiger partial charge in [0.25, 0.3) is 5.88 Å². The molecule has 0 saturated heterocycles. The number of hydrogen-bond donors (Lipinski definition) is 0. The molecule has 3 heterocycles. The van der Waals surface area contributed by atoms with Crippen LogP contribution in [0.25, 0.3) is 17.0 Å². The standard InChI is InChI=1S/C21H18N4O2/c1-2-4-15(5-3-1)8-12-27-21-20-24-23-19(25(20)11-10-22-21)17-6-7-18-16(14-17)9-13-26-18/h1-7,10-11,14H,8-9,12-13H2. The Kier molecular flexibility index (Phi) is 3.93. The van der Waals surface area contributed by atoms with Crippen LogP contribution in [-0.4, -0.2) is 32.8 Å². The number of rotatable bonds is 5. The summed E-state index contributed by atoms with van der Waals surface area (Å²) in [6.45, 7) is 1.28. The van der Waals surface area contributed by atoms with Crippen LogP contribution >= 0.6 is 0 Å². The van der Waals surface area contributed by atoms with E-state index in [2.05, 4.69) is 33.4 Å². The first-order valence-electron chi connectivity index (χ1n) is 9.01. The minimum atomic E-state index is 0.497. The van der Waals surface area contributed by atoms with E-state index >= 15 is 0 Å². The highest BCUT2D eigenvalue weighted by molar-refractivity contribution is 5.64. The van der Waals surface area contributed by atoms with Crippen molar-refractivity contribution in [1.29, 1.82) is 0 Å². The smallest absolute Gasteiger partial charge is 0.260 e. The van der Waals surface area contributed by atoms with Gasteiger partial charge in [0.2, 0.25) is 5.65 Å². The maximum absolute atomic E-state index is 5.89. The van der Waals surface area contributed by atoms with E-state index in [4.69, 9.17) is 9.47 Å². The van der Waals surface area contributed by atoms with Gasteiger partial charge in [-0.15, -0.1) is 10.2 Å². The maximum Gasteiger partial charge on any atom is 0.260 e. The lowest BCUT2D eigenvalue weighted by Crippen LogP contribution is -2.04. The molecule has 134 valence electrons. The predicted octanol–water partition coefficient (Wildman–Crippen LogP) is 3.35. The van der Waals surface area contributed by atoms with Gasteiger partial charge in [-0.25, -0.2) is 4.98 Å². The fraction of sp³-hybridized carbons (Fsp3) is 0.190. The highest BCUT2D eigenvalue weighted by atomic mass is 16.5. The molecule has 0 fully saturated rings. The van der Waals surface area contributed by atoms with E-state index in [9.17, 15) is 0 Å². The van der Waals surface area contributed by atoms with Crippen molar-refractivity contribution in [3.05, 3.63) is 72.1 Å². The molecule has 0 radical (unpaired) electrons. The first kappa shape index (κ1) is 15.8. The van der Waals surface area contributed by atoms with Gasteiger partial charge in [-0.1, -0.05) is 30.3 Å². The van der Waals surface area contributed by atoms with Gasteiger partial charge < -0.3 is 9.47 Å². The van der Waals surface area contributed by atoms with Crippen molar-refractivity contribution < 1.29 is 9.47 Å². The van der Waals surface area contributed by atoms with Crippen LogP contribution in [0.4, 0.5) is 0 Å². The van der Waals surface area contributed by atoms with Crippen LogP contribution in [-0.2, 0) is 12.8 Å². The summed E-state index contributed by atoms with van der Waals surface area (Å²) < 4.78 is 13.4. The predicted molar refractivity (Wildman–Crippen MR) is 101 cm³/mol. The van der Waals surface area contributed by atoms with Gasteiger partial charge >= 0.3 is 0 Å². The molecule has 4 aromatic rings. The van der Waals surface area contributed by atoms with Gasteiger partial charge in [-0.2, -0.15) is 0 Å². The topological polar surface area (TPSA) is 61.5 Å². The fourth-order valence-corrected chi connectivity index (χ4v) is 3.34. The number of hydrogen-bond acceptors (Lipinski definition) is 5. The molecule has 27 heavy (non-hydrogen) atoms. The Balaban J connectivity index is 1.41. The van der Waals surface area contributed by atoms with Crippen LogP contribution in [0, 0.1) is 0 Å². The summed E-state index contributed by atoms with van der Waals surface area (Å²) in [6, 6.07) is 16.4. The summed E-state index contributed by atoms with van der Waals surface area (Å²) in [4.78, 5) is 4.34. The van der Waals surface area contributed by atoms with E-state index in [1.54, 1.807) is 6.20 Å². The van der Waals surface area contributed by atoms with E-state index < -0.39 is 0 Å². The number of nitrogens with zero attached hydrogens (tertiary/aromatic N) is 4. The first-order chi connectivity index (χ1) is 13.4. The third kappa shape index (κ3) is 2.99. The van der Waals surface area contributed by atoms with E-state index in [1.807, 2.05) is 40.9 Å². The Morgan fingerprint density at radius 2 is 2.00 bits per heavy atom. The first-order valence-corrected chi connectivity index (χ1v) is 9.01. The lowest BCUT2D eigenvalue weighted by Gasteiger charge is -2.07. The minimum Gasteiger partial charge on any atom is -0.493 e. The number of ether oxygens (including phenoxy) is 2. The number of benzene rings is 2. The molecule has 0 N–H and O–H groups in total. The van der Waals surface area contributed by atoms with Crippen molar-refractivity contribution in [1.82, 2.24) is 19.6 Å². The monoisotopic (exact) mass is 358 g/mol. The summed E-state index contributed by atoms with van der Waals surface area (Å²) >= 11 is 0. The molecule has 0 bridgehead atoms. The number of aromatic nitrogens is 4. The van der Waals surface area contributed by atoms with Crippen LogP contribution in [0.2, 0.25) is 0 Å². The summed E-state index contributed by atoms with van der Waals surface area (Å²) in [5.74, 6) is 2.23. The molecule has 0 atom stereocenters. The molecule has 1 aliphatic rings. The van der Waals surface area contributed by atoms with Crippen LogP contribution in [0.1, 0.15) is 11.1 Å². The Morgan fingerprint density at radius 3 is 2.93 bits per heavy atom. The fourth-order valence-electron chi connectivity index (χ4n) is 3.34. The molecular weight excluding hydrogens is 340 g/mol. The molecular formula is C21H18N4O2. The average Bonchev–Trinajstić information content (AvgIpc) is 3.35. The van der Waals surface area contributed by atoms with E-state index in [1.165, 1.54) is 11.1 Å². The molecule has 6 heteroatoms. The zero-order chi connectivity index (χ0) is 18.1. The molecule has 0 saturated carbocycles. The van der Waals surface area contributed by atoms with Crippen molar-refractivity contribution in [2.75, 3.05) is 13.2 Å². The molecule has 0 unspecified atom stereocenters. The largest absolute Gasteiger partial charge is 0.493 e. The Hall–Kier alpha value is -3.41. The van der Waals surface area contributed by atoms with Crippen molar-refractivity contribution in [2.45, 2.75) is 12.8 Å². The zero-order valence-corrected chi connectivity index (χ0v) is 14.7. The third-order valence-electron chi connectivity index (χ3n) is 4.71. The SMILES string of the molecule is c1ccc(CCOc2nccn3c(-c4ccc5c(c4)CCO5)nnc23)cc1. The Morgan fingerprint density at radius 1 is 1.07 bits per heavy atom. The van der Waals surface area contributed by atoms with Crippen molar-refractivity contribution in [2.24, 2.45) is 0 Å². The van der Waals surface area contributed by atoms with Gasteiger partial charge in [0.1, 0.15) is 5.75 Å². The van der Waals surface area contributed by atoms with Crippen molar-refractivity contribution in [3.8, 4) is 23.0 Å². The van der Waals surface area contributed by atoms with Crippen LogP contribution in [0.3, 0.4) is 0 Å². The number of fused-ring (bicyclic) bond motifs is 2. The maximum atomic E-state index is 5.89. The molecule has 0 spiro atoms. The van der Waals surface area contributed by atoms with E-state index in [0.29, 0.717) is 18.1 Å². The van der Waals surface area contributed by atoms with Crippen LogP contribution < -0.4 is 9.47 Å². The Bertz CT molecular complexity index is 1090. The molecule has 5 rings (SSSR count). The molecule has 2 aromatic heterocycles. The molecule has 6 nitrogen and oxygen atoms in total. The van der Waals surface area contributed by atoms with E-state index in [0.717, 1.165) is 36.6 Å². The highest BCUT2D eigenvalue weighted by Gasteiger charge is 2.17. The van der Waals surface area contributed by atoms with Crippen molar-refractivity contribution in [3.63, 3.8) is 0 Å². The van der Waals surface area contributed by atoms with Crippen molar-refractivity contribution >= 4 is 5.65 Å². The van der Waals surface area contributed by atoms with Gasteiger partial charge in [-0.05, 0) is 29.3 Å². The zero-order valence-electron chi connectivity index (χ0n) is 14.7. The van der Waals surface area contributed by atoms with Crippen LogP contribution in [0.15, 0.2) is 60.9 Å². The average molecular weight is 358 g/mol. The summed E-state index contributed by atoms with van der Waals surface area (Å²) in [5.41, 5.74) is 4.06. The normalized spacial score (nSPS) is 12.7. The lowest BCUT2D eigenvalue weighted by molar-refractivity contribution is 0.311. The summed E-state index contributed by atoms with van der Waals surface area (Å²) in [7, 11) is 0. The third-order valence-corrected chi connectivity index (χ3v) is 4.71. The lowest BCUT2D eigenvalue weighted by atomic mass is 10.1. The summed E-state index contributed by atoms with van der Waals surface area (Å²) in [5, 5.41) is 8.68. The molecule has 0 aliphatic carbocycles. The van der Waals surface area contributed by atoms with Gasteiger partial charge in [0.15, 0.2) is 5.82 Å². The molecule has 2 aromatic carbocycles. The quantitative estimate of drug-likeness (QED) is 0.547. The summed E-state index contributed by atoms with van der Waals surface area (Å²) in [6.07, 6.45) is 5.32. The molecule has 1 aliphatic heterocycles. The second kappa shape index (κ2) is 6.72. The van der Waals surface area contributed by atoms with Gasteiger partial charge in [0, 0.05) is 30.8 Å². The second-order valence-corrected chi connectivity index (χ2v) is 6.45. The minimum absolute atomic E-state index is 0.497. The van der Waals surface area contributed by atoms with Gasteiger partial charge in [-0.3, -0.25) is 4.40 Å². The Labute approximate surface area is 156 Å². The second-order valence-electron chi connectivity index (χ2n) is 6.45. The highest BCUT2D eigenvalue weighted by Crippen LogP contribution is 2.30. The van der Waals surface area contributed by atoms with E-state index in [-0.39, 0.29) is 0 Å².